The van der Waals surface area contributed by atoms with Crippen LogP contribution in [0.2, 0.25) is 0 Å². The molecule has 1 aromatic heterocycles. The fourth-order valence-electron chi connectivity index (χ4n) is 1.82. The van der Waals surface area contributed by atoms with Gasteiger partial charge in [-0.1, -0.05) is 12.1 Å². The highest BCUT2D eigenvalue weighted by Gasteiger charge is 2.37. The lowest BCUT2D eigenvalue weighted by Gasteiger charge is -2.10. The van der Waals surface area contributed by atoms with Crippen molar-refractivity contribution in [1.29, 1.82) is 0 Å². The highest BCUT2D eigenvalue weighted by atomic mass is 19.4. The van der Waals surface area contributed by atoms with E-state index in [4.69, 9.17) is 0 Å². The van der Waals surface area contributed by atoms with Gasteiger partial charge in [0.25, 0.3) is 0 Å². The minimum atomic E-state index is -4.56. The van der Waals surface area contributed by atoms with Crippen LogP contribution in [0.4, 0.5) is 13.2 Å². The molecule has 0 aliphatic rings. The van der Waals surface area contributed by atoms with Crippen LogP contribution in [0, 0.1) is 0 Å². The fourth-order valence-corrected chi connectivity index (χ4v) is 1.82. The summed E-state index contributed by atoms with van der Waals surface area (Å²) in [5, 5.41) is 0. The molecule has 0 radical (unpaired) electrons. The summed E-state index contributed by atoms with van der Waals surface area (Å²) in [5.74, 6) is -1.57. The lowest BCUT2D eigenvalue weighted by Crippen LogP contribution is -2.17. The van der Waals surface area contributed by atoms with Crippen molar-refractivity contribution >= 4 is 17.0 Å². The maximum atomic E-state index is 12.9. The van der Waals surface area contributed by atoms with E-state index in [0.717, 1.165) is 4.57 Å². The number of carbonyl (C=O) groups excluding carboxylic acids is 1. The monoisotopic (exact) mass is 272 g/mol. The van der Waals surface area contributed by atoms with Gasteiger partial charge in [-0.3, -0.25) is 4.79 Å². The van der Waals surface area contributed by atoms with Crippen molar-refractivity contribution in [3.63, 3.8) is 0 Å². The number of aromatic nitrogens is 2. The van der Waals surface area contributed by atoms with Gasteiger partial charge < -0.3 is 9.30 Å². The Hall–Kier alpha value is -2.05. The first-order valence-corrected chi connectivity index (χ1v) is 5.53. The number of alkyl halides is 3. The summed E-state index contributed by atoms with van der Waals surface area (Å²) in [7, 11) is 1.19. The average molecular weight is 272 g/mol. The Morgan fingerprint density at radius 1 is 1.37 bits per heavy atom. The standard InChI is InChI=1S/C12H11F3N2O2/c1-19-10(18)6-7-17-9-5-3-2-4-8(9)16-11(17)12(13,14)15/h2-5H,6-7H2,1H3. The molecule has 0 N–H and O–H groups in total. The molecule has 0 spiro atoms. The average Bonchev–Trinajstić information content (AvgIpc) is 2.74. The number of hydrogen-bond donors (Lipinski definition) is 0. The summed E-state index contributed by atoms with van der Waals surface area (Å²) in [4.78, 5) is 14.6. The molecule has 0 amide bonds. The third-order valence-corrected chi connectivity index (χ3v) is 2.68. The summed E-state index contributed by atoms with van der Waals surface area (Å²) < 4.78 is 44.1. The van der Waals surface area contributed by atoms with Gasteiger partial charge in [0.1, 0.15) is 0 Å². The van der Waals surface area contributed by atoms with Crippen molar-refractivity contribution in [2.24, 2.45) is 0 Å². The molecular weight excluding hydrogens is 261 g/mol. The third kappa shape index (κ3) is 2.69. The molecule has 4 nitrogen and oxygen atoms in total. The van der Waals surface area contributed by atoms with E-state index in [9.17, 15) is 18.0 Å². The van der Waals surface area contributed by atoms with Crippen molar-refractivity contribution < 1.29 is 22.7 Å². The molecule has 2 aromatic rings. The molecule has 0 aliphatic heterocycles. The minimum absolute atomic E-state index is 0.123. The van der Waals surface area contributed by atoms with Gasteiger partial charge in [-0.05, 0) is 12.1 Å². The number of hydrogen-bond acceptors (Lipinski definition) is 3. The number of halogens is 3. The Labute approximate surface area is 106 Å². The topological polar surface area (TPSA) is 44.1 Å². The van der Waals surface area contributed by atoms with E-state index in [0.29, 0.717) is 5.52 Å². The highest BCUT2D eigenvalue weighted by Crippen LogP contribution is 2.31. The predicted molar refractivity (Wildman–Crippen MR) is 61.4 cm³/mol. The maximum Gasteiger partial charge on any atom is 0.449 e. The number of imidazole rings is 1. The number of rotatable bonds is 3. The number of aryl methyl sites for hydroxylation is 1. The van der Waals surface area contributed by atoms with Gasteiger partial charge in [-0.15, -0.1) is 0 Å². The van der Waals surface area contributed by atoms with Crippen LogP contribution in [0.15, 0.2) is 24.3 Å². The van der Waals surface area contributed by atoms with Crippen LogP contribution >= 0.6 is 0 Å². The molecule has 0 saturated carbocycles. The van der Waals surface area contributed by atoms with Gasteiger partial charge in [-0.25, -0.2) is 4.98 Å². The first-order valence-electron chi connectivity index (χ1n) is 5.53. The number of esters is 1. The zero-order valence-corrected chi connectivity index (χ0v) is 10.1. The number of fused-ring (bicyclic) bond motifs is 1. The SMILES string of the molecule is COC(=O)CCn1c(C(F)(F)F)nc2ccccc21. The number of ether oxygens (including phenoxy) is 1. The quantitative estimate of drug-likeness (QED) is 0.807. The van der Waals surface area contributed by atoms with Crippen molar-refractivity contribution in [2.75, 3.05) is 7.11 Å². The van der Waals surface area contributed by atoms with Crippen LogP contribution in [0.1, 0.15) is 12.2 Å². The van der Waals surface area contributed by atoms with Crippen molar-refractivity contribution in [3.8, 4) is 0 Å². The summed E-state index contributed by atoms with van der Waals surface area (Å²) >= 11 is 0. The first kappa shape index (κ1) is 13.4. The molecule has 102 valence electrons. The van der Waals surface area contributed by atoms with Crippen LogP contribution < -0.4 is 0 Å². The Morgan fingerprint density at radius 3 is 2.68 bits per heavy atom. The lowest BCUT2D eigenvalue weighted by atomic mass is 10.3. The minimum Gasteiger partial charge on any atom is -0.469 e. The largest absolute Gasteiger partial charge is 0.469 e. The van der Waals surface area contributed by atoms with Crippen molar-refractivity contribution in [1.82, 2.24) is 9.55 Å². The molecule has 0 aliphatic carbocycles. The zero-order chi connectivity index (χ0) is 14.0. The number of nitrogens with zero attached hydrogens (tertiary/aromatic N) is 2. The molecule has 1 heterocycles. The lowest BCUT2D eigenvalue weighted by molar-refractivity contribution is -0.148. The van der Waals surface area contributed by atoms with Crippen molar-refractivity contribution in [2.45, 2.75) is 19.1 Å². The molecule has 0 atom stereocenters. The van der Waals surface area contributed by atoms with E-state index in [2.05, 4.69) is 9.72 Å². The van der Waals surface area contributed by atoms with Gasteiger partial charge in [0, 0.05) is 6.54 Å². The fraction of sp³-hybridized carbons (Fsp3) is 0.333. The van der Waals surface area contributed by atoms with Gasteiger partial charge >= 0.3 is 12.1 Å². The van der Waals surface area contributed by atoms with Crippen molar-refractivity contribution in [3.05, 3.63) is 30.1 Å². The predicted octanol–water partition coefficient (Wildman–Crippen LogP) is 2.62. The maximum absolute atomic E-state index is 12.9. The van der Waals surface area contributed by atoms with Gasteiger partial charge in [0.15, 0.2) is 0 Å². The molecule has 19 heavy (non-hydrogen) atoms. The van der Waals surface area contributed by atoms with Gasteiger partial charge in [0.05, 0.1) is 24.6 Å². The molecular formula is C12H11F3N2O2. The molecule has 0 saturated heterocycles. The van der Waals surface area contributed by atoms with E-state index >= 15 is 0 Å². The first-order chi connectivity index (χ1) is 8.93. The summed E-state index contributed by atoms with van der Waals surface area (Å²) in [5.41, 5.74) is 0.596. The Morgan fingerprint density at radius 2 is 2.05 bits per heavy atom. The van der Waals surface area contributed by atoms with Crippen LogP contribution in [0.3, 0.4) is 0 Å². The molecule has 0 fully saturated rings. The van der Waals surface area contributed by atoms with Gasteiger partial charge in [0.2, 0.25) is 5.82 Å². The molecule has 7 heteroatoms. The number of benzene rings is 1. The van der Waals surface area contributed by atoms with E-state index < -0.39 is 18.0 Å². The highest BCUT2D eigenvalue weighted by molar-refractivity contribution is 5.76. The number of para-hydroxylation sites is 2. The molecule has 1 aromatic carbocycles. The normalized spacial score (nSPS) is 11.8. The van der Waals surface area contributed by atoms with E-state index in [-0.39, 0.29) is 18.5 Å². The summed E-state index contributed by atoms with van der Waals surface area (Å²) in [6.45, 7) is -0.123. The molecule has 0 bridgehead atoms. The van der Waals surface area contributed by atoms with Gasteiger partial charge in [-0.2, -0.15) is 13.2 Å². The second-order valence-corrected chi connectivity index (χ2v) is 3.90. The smallest absolute Gasteiger partial charge is 0.449 e. The van der Waals surface area contributed by atoms with Crippen LogP contribution in [-0.2, 0) is 22.3 Å². The third-order valence-electron chi connectivity index (χ3n) is 2.68. The van der Waals surface area contributed by atoms with E-state index in [1.807, 2.05) is 0 Å². The second kappa shape index (κ2) is 4.91. The van der Waals surface area contributed by atoms with E-state index in [1.165, 1.54) is 19.2 Å². The molecule has 0 unspecified atom stereocenters. The summed E-state index contributed by atoms with van der Waals surface area (Å²) in [6.07, 6.45) is -4.70. The zero-order valence-electron chi connectivity index (χ0n) is 10.1. The molecule has 2 rings (SSSR count). The van der Waals surface area contributed by atoms with Crippen LogP contribution in [0.5, 0.6) is 0 Å². The van der Waals surface area contributed by atoms with Crippen LogP contribution in [0.25, 0.3) is 11.0 Å². The Kier molecular flexibility index (Phi) is 3.46. The Balaban J connectivity index is 2.46. The number of carbonyl (C=O) groups is 1. The summed E-state index contributed by atoms with van der Waals surface area (Å²) in [6, 6.07) is 6.27. The Bertz CT molecular complexity index is 605. The second-order valence-electron chi connectivity index (χ2n) is 3.90. The number of methoxy groups -OCH3 is 1. The van der Waals surface area contributed by atoms with E-state index in [1.54, 1.807) is 12.1 Å². The van der Waals surface area contributed by atoms with Crippen LogP contribution in [-0.4, -0.2) is 22.6 Å².